The summed E-state index contributed by atoms with van der Waals surface area (Å²) in [7, 11) is 1.98. The molecule has 1 fully saturated rings. The first kappa shape index (κ1) is 20.4. The van der Waals surface area contributed by atoms with E-state index in [4.69, 9.17) is 16.3 Å². The maximum atomic E-state index is 11.7. The second-order valence-corrected chi connectivity index (χ2v) is 7.27. The van der Waals surface area contributed by atoms with Crippen molar-refractivity contribution in [2.24, 2.45) is 0 Å². The summed E-state index contributed by atoms with van der Waals surface area (Å²) in [5.41, 5.74) is 0.886. The summed E-state index contributed by atoms with van der Waals surface area (Å²) < 4.78 is 5.04. The zero-order chi connectivity index (χ0) is 19.9. The molecule has 1 N–H and O–H groups in total. The van der Waals surface area contributed by atoms with Crippen LogP contribution in [-0.4, -0.2) is 60.2 Å². The Morgan fingerprint density at radius 2 is 2.11 bits per heavy atom. The topological polar surface area (TPSA) is 70.6 Å². The van der Waals surface area contributed by atoms with E-state index in [-0.39, 0.29) is 5.97 Å². The molecule has 0 saturated carbocycles. The van der Waals surface area contributed by atoms with Gasteiger partial charge in [0.1, 0.15) is 18.0 Å². The molecule has 150 valence electrons. The third-order valence-corrected chi connectivity index (χ3v) is 5.08. The normalized spacial score (nSPS) is 14.9. The minimum absolute atomic E-state index is 0.167. The van der Waals surface area contributed by atoms with E-state index in [0.29, 0.717) is 24.2 Å². The summed E-state index contributed by atoms with van der Waals surface area (Å²) in [5.74, 6) is 1.46. The quantitative estimate of drug-likeness (QED) is 0.711. The first-order valence-corrected chi connectivity index (χ1v) is 9.88. The number of esters is 1. The summed E-state index contributed by atoms with van der Waals surface area (Å²) >= 11 is 6.04. The van der Waals surface area contributed by atoms with Gasteiger partial charge in [-0.2, -0.15) is 0 Å². The van der Waals surface area contributed by atoms with Crippen LogP contribution in [0.25, 0.3) is 0 Å². The number of hydrogen-bond acceptors (Lipinski definition) is 7. The van der Waals surface area contributed by atoms with E-state index in [1.54, 1.807) is 6.33 Å². The van der Waals surface area contributed by atoms with Crippen LogP contribution in [0.4, 0.5) is 17.3 Å². The molecular formula is C20H26ClN5O2. The molecule has 8 heteroatoms. The number of nitrogens with one attached hydrogen (secondary N) is 1. The SMILES string of the molecule is CCOC(=O)CN(C)C1CCN(c2cc(Nc3cccc(Cl)c3)ncn2)CC1. The molecule has 1 aromatic heterocycles. The number of anilines is 3. The zero-order valence-electron chi connectivity index (χ0n) is 16.3. The van der Waals surface area contributed by atoms with E-state index in [0.717, 1.165) is 43.3 Å². The van der Waals surface area contributed by atoms with Crippen LogP contribution in [0.15, 0.2) is 36.7 Å². The fourth-order valence-electron chi connectivity index (χ4n) is 3.38. The highest BCUT2D eigenvalue weighted by Gasteiger charge is 2.24. The third-order valence-electron chi connectivity index (χ3n) is 4.85. The zero-order valence-corrected chi connectivity index (χ0v) is 17.0. The minimum atomic E-state index is -0.167. The highest BCUT2D eigenvalue weighted by Crippen LogP contribution is 2.24. The lowest BCUT2D eigenvalue weighted by molar-refractivity contribution is -0.144. The Morgan fingerprint density at radius 3 is 2.82 bits per heavy atom. The molecule has 7 nitrogen and oxygen atoms in total. The highest BCUT2D eigenvalue weighted by atomic mass is 35.5. The van der Waals surface area contributed by atoms with Gasteiger partial charge in [-0.15, -0.1) is 0 Å². The van der Waals surface area contributed by atoms with Crippen molar-refractivity contribution in [3.05, 3.63) is 41.7 Å². The number of nitrogens with zero attached hydrogens (tertiary/aromatic N) is 4. The molecular weight excluding hydrogens is 378 g/mol. The maximum Gasteiger partial charge on any atom is 0.320 e. The Morgan fingerprint density at radius 1 is 1.32 bits per heavy atom. The first-order valence-electron chi connectivity index (χ1n) is 9.50. The number of rotatable bonds is 7. The maximum absolute atomic E-state index is 11.7. The van der Waals surface area contributed by atoms with Crippen LogP contribution in [0.3, 0.4) is 0 Å². The molecule has 3 rings (SSSR count). The lowest BCUT2D eigenvalue weighted by Crippen LogP contribution is -2.45. The van der Waals surface area contributed by atoms with E-state index < -0.39 is 0 Å². The number of benzene rings is 1. The molecule has 0 amide bonds. The van der Waals surface area contributed by atoms with Gasteiger partial charge in [-0.25, -0.2) is 9.97 Å². The van der Waals surface area contributed by atoms with Gasteiger partial charge in [-0.1, -0.05) is 17.7 Å². The molecule has 0 atom stereocenters. The van der Waals surface area contributed by atoms with Crippen molar-refractivity contribution in [1.82, 2.24) is 14.9 Å². The number of halogens is 1. The Balaban J connectivity index is 1.56. The van der Waals surface area contributed by atoms with E-state index in [1.165, 1.54) is 0 Å². The summed E-state index contributed by atoms with van der Waals surface area (Å²) in [4.78, 5) is 24.7. The molecule has 0 spiro atoms. The average Bonchev–Trinajstić information content (AvgIpc) is 2.68. The number of carbonyl (C=O) groups excluding carboxylic acids is 1. The van der Waals surface area contributed by atoms with Crippen molar-refractivity contribution in [2.45, 2.75) is 25.8 Å². The van der Waals surface area contributed by atoms with Gasteiger partial charge in [-0.3, -0.25) is 9.69 Å². The number of likely N-dealkylation sites (N-methyl/N-ethyl adjacent to an activating group) is 1. The van der Waals surface area contributed by atoms with Crippen LogP contribution < -0.4 is 10.2 Å². The number of piperidine rings is 1. The van der Waals surface area contributed by atoms with Gasteiger partial charge in [0, 0.05) is 35.9 Å². The van der Waals surface area contributed by atoms with Crippen LogP contribution in [0.1, 0.15) is 19.8 Å². The van der Waals surface area contributed by atoms with Gasteiger partial charge in [0.2, 0.25) is 0 Å². The van der Waals surface area contributed by atoms with Crippen molar-refractivity contribution in [3.8, 4) is 0 Å². The standard InChI is InChI=1S/C20H26ClN5O2/c1-3-28-20(27)13-25(2)17-7-9-26(10-8-17)19-12-18(22-14-23-19)24-16-6-4-5-15(21)11-16/h4-6,11-12,14,17H,3,7-10,13H2,1-2H3,(H,22,23,24). The monoisotopic (exact) mass is 403 g/mol. The number of hydrogen-bond donors (Lipinski definition) is 1. The minimum Gasteiger partial charge on any atom is -0.465 e. The predicted molar refractivity (Wildman–Crippen MR) is 111 cm³/mol. The molecule has 1 aliphatic heterocycles. The van der Waals surface area contributed by atoms with Crippen molar-refractivity contribution < 1.29 is 9.53 Å². The van der Waals surface area contributed by atoms with Crippen LogP contribution in [0.5, 0.6) is 0 Å². The third kappa shape index (κ3) is 5.56. The first-order chi connectivity index (χ1) is 13.5. The molecule has 1 saturated heterocycles. The summed E-state index contributed by atoms with van der Waals surface area (Å²) in [6.45, 7) is 4.34. The highest BCUT2D eigenvalue weighted by molar-refractivity contribution is 6.30. The van der Waals surface area contributed by atoms with Crippen molar-refractivity contribution >= 4 is 34.9 Å². The van der Waals surface area contributed by atoms with E-state index in [9.17, 15) is 4.79 Å². The van der Waals surface area contributed by atoms with E-state index in [2.05, 4.69) is 25.1 Å². The second kappa shape index (κ2) is 9.71. The Bertz CT molecular complexity index is 796. The smallest absolute Gasteiger partial charge is 0.320 e. The van der Waals surface area contributed by atoms with Crippen molar-refractivity contribution in [3.63, 3.8) is 0 Å². The molecule has 0 unspecified atom stereocenters. The average molecular weight is 404 g/mol. The van der Waals surface area contributed by atoms with Crippen LogP contribution in [0.2, 0.25) is 5.02 Å². The second-order valence-electron chi connectivity index (χ2n) is 6.84. The molecule has 2 aromatic rings. The molecule has 0 aliphatic carbocycles. The van der Waals surface area contributed by atoms with Gasteiger partial charge in [0.05, 0.1) is 13.2 Å². The molecule has 0 radical (unpaired) electrons. The van der Waals surface area contributed by atoms with Crippen LogP contribution in [-0.2, 0) is 9.53 Å². The van der Waals surface area contributed by atoms with Crippen LogP contribution >= 0.6 is 11.6 Å². The van der Waals surface area contributed by atoms with Gasteiger partial charge in [-0.05, 0) is 45.0 Å². The predicted octanol–water partition coefficient (Wildman–Crippen LogP) is 3.34. The molecule has 0 bridgehead atoms. The van der Waals surface area contributed by atoms with Crippen LogP contribution in [0, 0.1) is 0 Å². The molecule has 28 heavy (non-hydrogen) atoms. The molecule has 1 aliphatic rings. The fraction of sp³-hybridized carbons (Fsp3) is 0.450. The Labute approximate surface area is 170 Å². The van der Waals surface area contributed by atoms with E-state index >= 15 is 0 Å². The van der Waals surface area contributed by atoms with Gasteiger partial charge in [0.15, 0.2) is 0 Å². The summed E-state index contributed by atoms with van der Waals surface area (Å²) in [5, 5.41) is 3.94. The van der Waals surface area contributed by atoms with Crippen molar-refractivity contribution in [1.29, 1.82) is 0 Å². The lowest BCUT2D eigenvalue weighted by atomic mass is 10.0. The number of ether oxygens (including phenoxy) is 1. The van der Waals surface area contributed by atoms with Gasteiger partial charge in [0.25, 0.3) is 0 Å². The van der Waals surface area contributed by atoms with Gasteiger partial charge < -0.3 is 15.0 Å². The van der Waals surface area contributed by atoms with Crippen molar-refractivity contribution in [2.75, 3.05) is 43.5 Å². The van der Waals surface area contributed by atoms with Gasteiger partial charge >= 0.3 is 5.97 Å². The number of aromatic nitrogens is 2. The van der Waals surface area contributed by atoms with E-state index in [1.807, 2.05) is 44.3 Å². The Kier molecular flexibility index (Phi) is 7.06. The lowest BCUT2D eigenvalue weighted by Gasteiger charge is -2.36. The summed E-state index contributed by atoms with van der Waals surface area (Å²) in [6.07, 6.45) is 3.51. The fourth-order valence-corrected chi connectivity index (χ4v) is 3.57. The largest absolute Gasteiger partial charge is 0.465 e. The summed E-state index contributed by atoms with van der Waals surface area (Å²) in [6, 6.07) is 9.84. The number of carbonyl (C=O) groups is 1. The molecule has 1 aromatic carbocycles. The molecule has 2 heterocycles. The Hall–Kier alpha value is -2.38.